The summed E-state index contributed by atoms with van der Waals surface area (Å²) in [6, 6.07) is 19.0. The minimum absolute atomic E-state index is 0.0156. The Morgan fingerprint density at radius 3 is 1.96 bits per heavy atom. The van der Waals surface area contributed by atoms with E-state index >= 15 is 0 Å². The van der Waals surface area contributed by atoms with Gasteiger partial charge in [0, 0.05) is 13.1 Å². The molecule has 1 saturated heterocycles. The van der Waals surface area contributed by atoms with Crippen molar-refractivity contribution in [2.45, 2.75) is 44.1 Å². The number of benzene rings is 2. The standard InChI is InChI=1S/C24H28N2O2/c27-23(21(19-14-15-19)18-10-4-1-5-11-18)25-22(20-12-6-2-7-13-20)24(28)26-16-8-3-9-17-26/h1-2,4-7,10-13,19,21-22H,3,8-9,14-17H2,(H,25,27). The van der Waals surface area contributed by atoms with Crippen LogP contribution in [0.3, 0.4) is 0 Å². The molecule has 4 nitrogen and oxygen atoms in total. The first-order valence-corrected chi connectivity index (χ1v) is 10.4. The molecule has 2 fully saturated rings. The fraction of sp³-hybridized carbons (Fsp3) is 0.417. The fourth-order valence-electron chi connectivity index (χ4n) is 4.19. The van der Waals surface area contributed by atoms with Gasteiger partial charge in [-0.15, -0.1) is 0 Å². The molecule has 2 unspecified atom stereocenters. The SMILES string of the molecule is O=C(NC(C(=O)N1CCCCC1)c1ccccc1)C(c1ccccc1)C1CC1. The molecule has 0 radical (unpaired) electrons. The Morgan fingerprint density at radius 2 is 1.39 bits per heavy atom. The Hall–Kier alpha value is -2.62. The first kappa shape index (κ1) is 18.7. The molecule has 0 bridgehead atoms. The van der Waals surface area contributed by atoms with Gasteiger partial charge in [0.25, 0.3) is 0 Å². The molecule has 2 aliphatic rings. The molecule has 2 amide bonds. The van der Waals surface area contributed by atoms with Crippen molar-refractivity contribution >= 4 is 11.8 Å². The van der Waals surface area contributed by atoms with Crippen molar-refractivity contribution in [1.82, 2.24) is 10.2 Å². The van der Waals surface area contributed by atoms with Gasteiger partial charge in [0.05, 0.1) is 5.92 Å². The quantitative estimate of drug-likeness (QED) is 0.827. The van der Waals surface area contributed by atoms with Crippen LogP contribution in [0.15, 0.2) is 60.7 Å². The third-order valence-corrected chi connectivity index (χ3v) is 5.87. The molecule has 1 N–H and O–H groups in total. The lowest BCUT2D eigenvalue weighted by molar-refractivity contribution is -0.137. The van der Waals surface area contributed by atoms with E-state index < -0.39 is 6.04 Å². The van der Waals surface area contributed by atoms with E-state index in [1.54, 1.807) is 0 Å². The Labute approximate surface area is 166 Å². The summed E-state index contributed by atoms with van der Waals surface area (Å²) in [6.07, 6.45) is 5.39. The predicted octanol–water partition coefficient (Wildman–Crippen LogP) is 4.05. The highest BCUT2D eigenvalue weighted by Gasteiger charge is 2.39. The van der Waals surface area contributed by atoms with Gasteiger partial charge in [-0.25, -0.2) is 0 Å². The lowest BCUT2D eigenvalue weighted by atomic mass is 9.92. The van der Waals surface area contributed by atoms with Crippen molar-refractivity contribution in [2.24, 2.45) is 5.92 Å². The number of nitrogens with one attached hydrogen (secondary N) is 1. The zero-order valence-corrected chi connectivity index (χ0v) is 16.2. The average Bonchev–Trinajstić information content (AvgIpc) is 3.59. The number of amides is 2. The van der Waals surface area contributed by atoms with Crippen molar-refractivity contribution in [3.05, 3.63) is 71.8 Å². The summed E-state index contributed by atoms with van der Waals surface area (Å²) >= 11 is 0. The predicted molar refractivity (Wildman–Crippen MR) is 110 cm³/mol. The Bertz CT molecular complexity index is 796. The summed E-state index contributed by atoms with van der Waals surface area (Å²) < 4.78 is 0. The number of rotatable bonds is 6. The summed E-state index contributed by atoms with van der Waals surface area (Å²) in [5.74, 6) is 0.181. The molecule has 2 atom stereocenters. The highest BCUT2D eigenvalue weighted by molar-refractivity contribution is 5.91. The summed E-state index contributed by atoms with van der Waals surface area (Å²) in [5, 5.41) is 3.12. The number of piperidine rings is 1. The molecule has 4 heteroatoms. The molecule has 4 rings (SSSR count). The Kier molecular flexibility index (Phi) is 5.75. The van der Waals surface area contributed by atoms with Gasteiger partial charge < -0.3 is 10.2 Å². The highest BCUT2D eigenvalue weighted by Crippen LogP contribution is 2.43. The van der Waals surface area contributed by atoms with Gasteiger partial charge in [-0.3, -0.25) is 9.59 Å². The minimum Gasteiger partial charge on any atom is -0.341 e. The second-order valence-electron chi connectivity index (χ2n) is 7.96. The summed E-state index contributed by atoms with van der Waals surface area (Å²) in [5.41, 5.74) is 1.90. The number of carbonyl (C=O) groups excluding carboxylic acids is 2. The van der Waals surface area contributed by atoms with Crippen LogP contribution in [0.5, 0.6) is 0 Å². The van der Waals surface area contributed by atoms with Gasteiger partial charge in [0.15, 0.2) is 0 Å². The number of carbonyl (C=O) groups is 2. The van der Waals surface area contributed by atoms with E-state index in [2.05, 4.69) is 5.32 Å². The highest BCUT2D eigenvalue weighted by atomic mass is 16.2. The van der Waals surface area contributed by atoms with E-state index in [0.29, 0.717) is 5.92 Å². The second kappa shape index (κ2) is 8.59. The molecule has 2 aromatic carbocycles. The number of likely N-dealkylation sites (tertiary alicyclic amines) is 1. The topological polar surface area (TPSA) is 49.4 Å². The lowest BCUT2D eigenvalue weighted by Crippen LogP contribution is -2.46. The Morgan fingerprint density at radius 1 is 0.821 bits per heavy atom. The molecule has 1 saturated carbocycles. The summed E-state index contributed by atoms with van der Waals surface area (Å²) in [7, 11) is 0. The summed E-state index contributed by atoms with van der Waals surface area (Å²) in [4.78, 5) is 28.5. The second-order valence-corrected chi connectivity index (χ2v) is 7.96. The number of nitrogens with zero attached hydrogens (tertiary/aromatic N) is 1. The number of hydrogen-bond donors (Lipinski definition) is 1. The van der Waals surface area contributed by atoms with Gasteiger partial charge in [-0.2, -0.15) is 0 Å². The van der Waals surface area contributed by atoms with Gasteiger partial charge in [0.1, 0.15) is 6.04 Å². The molecule has 2 aromatic rings. The third kappa shape index (κ3) is 4.27. The monoisotopic (exact) mass is 376 g/mol. The molecular formula is C24H28N2O2. The summed E-state index contributed by atoms with van der Waals surface area (Å²) in [6.45, 7) is 1.56. The zero-order valence-electron chi connectivity index (χ0n) is 16.2. The van der Waals surface area contributed by atoms with Crippen molar-refractivity contribution < 1.29 is 9.59 Å². The number of hydrogen-bond acceptors (Lipinski definition) is 2. The van der Waals surface area contributed by atoms with Crippen LogP contribution in [0, 0.1) is 5.92 Å². The molecule has 28 heavy (non-hydrogen) atoms. The van der Waals surface area contributed by atoms with Gasteiger partial charge in [-0.05, 0) is 49.1 Å². The van der Waals surface area contributed by atoms with E-state index in [1.165, 1.54) is 6.42 Å². The van der Waals surface area contributed by atoms with Crippen LogP contribution in [0.4, 0.5) is 0 Å². The lowest BCUT2D eigenvalue weighted by Gasteiger charge is -2.31. The average molecular weight is 377 g/mol. The first-order chi connectivity index (χ1) is 13.7. The zero-order chi connectivity index (χ0) is 19.3. The van der Waals surface area contributed by atoms with Crippen LogP contribution in [-0.2, 0) is 9.59 Å². The molecule has 0 spiro atoms. The van der Waals surface area contributed by atoms with Crippen molar-refractivity contribution in [3.63, 3.8) is 0 Å². The minimum atomic E-state index is -0.614. The van der Waals surface area contributed by atoms with Crippen LogP contribution in [0.1, 0.15) is 55.2 Å². The van der Waals surface area contributed by atoms with Crippen molar-refractivity contribution in [2.75, 3.05) is 13.1 Å². The van der Waals surface area contributed by atoms with E-state index in [0.717, 1.165) is 49.9 Å². The third-order valence-electron chi connectivity index (χ3n) is 5.87. The maximum Gasteiger partial charge on any atom is 0.249 e. The van der Waals surface area contributed by atoms with Gasteiger partial charge in [-0.1, -0.05) is 60.7 Å². The molecule has 1 heterocycles. The van der Waals surface area contributed by atoms with E-state index in [1.807, 2.05) is 65.6 Å². The normalized spacial score (nSPS) is 18.9. The van der Waals surface area contributed by atoms with E-state index in [4.69, 9.17) is 0 Å². The van der Waals surface area contributed by atoms with Crippen LogP contribution < -0.4 is 5.32 Å². The van der Waals surface area contributed by atoms with Gasteiger partial charge in [0.2, 0.25) is 11.8 Å². The van der Waals surface area contributed by atoms with E-state index in [9.17, 15) is 9.59 Å². The Balaban J connectivity index is 1.57. The molecule has 0 aromatic heterocycles. The largest absolute Gasteiger partial charge is 0.341 e. The van der Waals surface area contributed by atoms with Crippen LogP contribution >= 0.6 is 0 Å². The van der Waals surface area contributed by atoms with Crippen molar-refractivity contribution in [3.8, 4) is 0 Å². The van der Waals surface area contributed by atoms with Crippen LogP contribution in [0.2, 0.25) is 0 Å². The van der Waals surface area contributed by atoms with Crippen LogP contribution in [0.25, 0.3) is 0 Å². The molecule has 1 aliphatic heterocycles. The van der Waals surface area contributed by atoms with E-state index in [-0.39, 0.29) is 17.7 Å². The maximum absolute atomic E-state index is 13.3. The molecular weight excluding hydrogens is 348 g/mol. The van der Waals surface area contributed by atoms with Crippen LogP contribution in [-0.4, -0.2) is 29.8 Å². The van der Waals surface area contributed by atoms with Gasteiger partial charge >= 0.3 is 0 Å². The first-order valence-electron chi connectivity index (χ1n) is 10.4. The maximum atomic E-state index is 13.3. The smallest absolute Gasteiger partial charge is 0.249 e. The fourth-order valence-corrected chi connectivity index (χ4v) is 4.19. The molecule has 1 aliphatic carbocycles. The molecule has 146 valence electrons. The van der Waals surface area contributed by atoms with Crippen molar-refractivity contribution in [1.29, 1.82) is 0 Å².